The second kappa shape index (κ2) is 5.14. The quantitative estimate of drug-likeness (QED) is 0.684. The monoisotopic (exact) mass is 193 g/mol. The van der Waals surface area contributed by atoms with Crippen molar-refractivity contribution < 1.29 is 4.39 Å². The molecule has 0 aromatic heterocycles. The van der Waals surface area contributed by atoms with Gasteiger partial charge in [-0.3, -0.25) is 4.39 Å². The summed E-state index contributed by atoms with van der Waals surface area (Å²) in [7, 11) is 0. The zero-order valence-electron chi connectivity index (χ0n) is 9.02. The molecule has 0 aliphatic rings. The second-order valence-corrected chi connectivity index (χ2v) is 3.54. The summed E-state index contributed by atoms with van der Waals surface area (Å²) in [6, 6.07) is 6.11. The molecule has 1 atom stereocenters. The van der Waals surface area contributed by atoms with Crippen LogP contribution in [0, 0.1) is 6.92 Å². The third kappa shape index (κ3) is 2.14. The predicted molar refractivity (Wildman–Crippen MR) is 59.3 cm³/mol. The second-order valence-electron chi connectivity index (χ2n) is 3.54. The molecule has 0 heterocycles. The summed E-state index contributed by atoms with van der Waals surface area (Å²) in [6.07, 6.45) is 1.97. The van der Waals surface area contributed by atoms with Crippen LogP contribution in [0.25, 0.3) is 0 Å². The van der Waals surface area contributed by atoms with Crippen LogP contribution in [0.15, 0.2) is 18.2 Å². The van der Waals surface area contributed by atoms with Crippen LogP contribution in [0.1, 0.15) is 36.5 Å². The maximum atomic E-state index is 12.6. The lowest BCUT2D eigenvalue weighted by atomic mass is 9.90. The lowest BCUT2D eigenvalue weighted by Crippen LogP contribution is -2.03. The van der Waals surface area contributed by atoms with E-state index in [0.717, 1.165) is 18.4 Å². The summed E-state index contributed by atoms with van der Waals surface area (Å²) >= 11 is 0. The van der Waals surface area contributed by atoms with Gasteiger partial charge < -0.3 is 0 Å². The lowest BCUT2D eigenvalue weighted by Gasteiger charge is -2.15. The minimum absolute atomic E-state index is 0.212. The van der Waals surface area contributed by atoms with Gasteiger partial charge in [-0.15, -0.1) is 0 Å². The summed E-state index contributed by atoms with van der Waals surface area (Å²) < 4.78 is 12.6. The van der Waals surface area contributed by atoms with Crippen LogP contribution >= 0.6 is 0 Å². The fourth-order valence-corrected chi connectivity index (χ4v) is 1.88. The topological polar surface area (TPSA) is 0 Å². The van der Waals surface area contributed by atoms with Crippen molar-refractivity contribution in [1.82, 2.24) is 0 Å². The van der Waals surface area contributed by atoms with Gasteiger partial charge in [0.1, 0.15) is 0 Å². The van der Waals surface area contributed by atoms with Crippen molar-refractivity contribution in [3.63, 3.8) is 0 Å². The Kier molecular flexibility index (Phi) is 4.12. The van der Waals surface area contributed by atoms with Gasteiger partial charge in [0, 0.05) is 5.92 Å². The van der Waals surface area contributed by atoms with Gasteiger partial charge in [-0.2, -0.15) is 0 Å². The molecular weight excluding hydrogens is 175 g/mol. The molecule has 14 heavy (non-hydrogen) atoms. The highest BCUT2D eigenvalue weighted by atomic mass is 19.1. The van der Waals surface area contributed by atoms with E-state index in [2.05, 4.69) is 26.8 Å². The SMILES string of the molecule is [CH2]C(CF)c1cccc(CC)c1CC. The number of alkyl halides is 1. The van der Waals surface area contributed by atoms with E-state index in [1.165, 1.54) is 11.1 Å². The molecule has 1 aromatic rings. The van der Waals surface area contributed by atoms with Gasteiger partial charge in [0.15, 0.2) is 0 Å². The van der Waals surface area contributed by atoms with Gasteiger partial charge >= 0.3 is 0 Å². The predicted octanol–water partition coefficient (Wildman–Crippen LogP) is 3.70. The van der Waals surface area contributed by atoms with E-state index in [-0.39, 0.29) is 12.6 Å². The third-order valence-electron chi connectivity index (χ3n) is 2.67. The number of aryl methyl sites for hydroxylation is 1. The average molecular weight is 193 g/mol. The molecule has 1 unspecified atom stereocenters. The first-order valence-electron chi connectivity index (χ1n) is 5.24. The summed E-state index contributed by atoms with van der Waals surface area (Å²) in [5.41, 5.74) is 3.69. The third-order valence-corrected chi connectivity index (χ3v) is 2.67. The summed E-state index contributed by atoms with van der Waals surface area (Å²) in [5.74, 6) is -0.212. The smallest absolute Gasteiger partial charge is 0.0963 e. The van der Waals surface area contributed by atoms with Crippen LogP contribution in [0.4, 0.5) is 4.39 Å². The van der Waals surface area contributed by atoms with E-state index in [1.54, 1.807) is 0 Å². The van der Waals surface area contributed by atoms with E-state index < -0.39 is 0 Å². The van der Waals surface area contributed by atoms with Crippen molar-refractivity contribution in [3.05, 3.63) is 41.8 Å². The minimum Gasteiger partial charge on any atom is -0.250 e. The molecule has 0 fully saturated rings. The minimum atomic E-state index is -0.375. The highest BCUT2D eigenvalue weighted by molar-refractivity contribution is 5.38. The molecule has 0 saturated heterocycles. The molecule has 0 aliphatic heterocycles. The molecule has 1 aromatic carbocycles. The van der Waals surface area contributed by atoms with Gasteiger partial charge in [0.05, 0.1) is 6.67 Å². The van der Waals surface area contributed by atoms with Crippen LogP contribution in [-0.4, -0.2) is 6.67 Å². The Morgan fingerprint density at radius 1 is 1.29 bits per heavy atom. The summed E-state index contributed by atoms with van der Waals surface area (Å²) in [5, 5.41) is 0. The van der Waals surface area contributed by atoms with Crippen molar-refractivity contribution in [2.75, 3.05) is 6.67 Å². The molecule has 1 radical (unpaired) electrons. The highest BCUT2D eigenvalue weighted by Gasteiger charge is 2.11. The van der Waals surface area contributed by atoms with E-state index in [0.29, 0.717) is 0 Å². The fourth-order valence-electron chi connectivity index (χ4n) is 1.88. The van der Waals surface area contributed by atoms with Crippen LogP contribution < -0.4 is 0 Å². The van der Waals surface area contributed by atoms with Crippen molar-refractivity contribution >= 4 is 0 Å². The zero-order valence-corrected chi connectivity index (χ0v) is 9.02. The molecule has 0 saturated carbocycles. The highest BCUT2D eigenvalue weighted by Crippen LogP contribution is 2.24. The average Bonchev–Trinajstić information content (AvgIpc) is 2.26. The Hall–Kier alpha value is -0.850. The Morgan fingerprint density at radius 3 is 2.50 bits per heavy atom. The number of hydrogen-bond acceptors (Lipinski definition) is 0. The standard InChI is InChI=1S/C13H18F/c1-4-11-7-6-8-13(10(3)9-14)12(11)5-2/h6-8,10H,3-5,9H2,1-2H3. The summed E-state index contributed by atoms with van der Waals surface area (Å²) in [4.78, 5) is 0. The molecule has 0 amide bonds. The fraction of sp³-hybridized carbons (Fsp3) is 0.462. The van der Waals surface area contributed by atoms with E-state index >= 15 is 0 Å². The molecule has 0 spiro atoms. The first-order valence-corrected chi connectivity index (χ1v) is 5.24. The van der Waals surface area contributed by atoms with Gasteiger partial charge in [-0.1, -0.05) is 32.0 Å². The Bertz CT molecular complexity index is 291. The van der Waals surface area contributed by atoms with Crippen molar-refractivity contribution in [1.29, 1.82) is 0 Å². The van der Waals surface area contributed by atoms with Gasteiger partial charge in [-0.05, 0) is 36.5 Å². The van der Waals surface area contributed by atoms with Crippen LogP contribution in [0.2, 0.25) is 0 Å². The van der Waals surface area contributed by atoms with E-state index in [4.69, 9.17) is 0 Å². The first-order chi connectivity index (χ1) is 6.74. The van der Waals surface area contributed by atoms with E-state index in [1.807, 2.05) is 12.1 Å². The molecule has 0 nitrogen and oxygen atoms in total. The number of halogens is 1. The molecule has 0 N–H and O–H groups in total. The number of rotatable bonds is 4. The van der Waals surface area contributed by atoms with Crippen LogP contribution in [-0.2, 0) is 12.8 Å². The number of benzene rings is 1. The lowest BCUT2D eigenvalue weighted by molar-refractivity contribution is 0.464. The normalized spacial score (nSPS) is 12.9. The summed E-state index contributed by atoms with van der Waals surface area (Å²) in [6.45, 7) is 7.71. The maximum absolute atomic E-state index is 12.6. The largest absolute Gasteiger partial charge is 0.250 e. The maximum Gasteiger partial charge on any atom is 0.0963 e. The van der Waals surface area contributed by atoms with E-state index in [9.17, 15) is 4.39 Å². The van der Waals surface area contributed by atoms with Crippen LogP contribution in [0.3, 0.4) is 0 Å². The molecular formula is C13H18F. The van der Waals surface area contributed by atoms with Crippen molar-refractivity contribution in [3.8, 4) is 0 Å². The molecule has 0 bridgehead atoms. The first kappa shape index (κ1) is 11.2. The zero-order chi connectivity index (χ0) is 10.6. The Balaban J connectivity index is 3.14. The Morgan fingerprint density at radius 2 is 2.00 bits per heavy atom. The van der Waals surface area contributed by atoms with Gasteiger partial charge in [0.2, 0.25) is 0 Å². The van der Waals surface area contributed by atoms with Crippen LogP contribution in [0.5, 0.6) is 0 Å². The van der Waals surface area contributed by atoms with Gasteiger partial charge in [-0.25, -0.2) is 0 Å². The van der Waals surface area contributed by atoms with Crippen molar-refractivity contribution in [2.24, 2.45) is 0 Å². The molecule has 1 rings (SSSR count). The molecule has 0 aliphatic carbocycles. The number of hydrogen-bond donors (Lipinski definition) is 0. The molecule has 77 valence electrons. The Labute approximate surface area is 86.2 Å². The van der Waals surface area contributed by atoms with Crippen molar-refractivity contribution in [2.45, 2.75) is 32.6 Å². The molecule has 1 heteroatoms. The van der Waals surface area contributed by atoms with Gasteiger partial charge in [0.25, 0.3) is 0 Å².